The molecule has 1 aromatic rings. The summed E-state index contributed by atoms with van der Waals surface area (Å²) < 4.78 is 10.6. The first-order valence-corrected chi connectivity index (χ1v) is 9.54. The fraction of sp³-hybridized carbons (Fsp3) is 0.550. The number of nitrogens with one attached hydrogen (secondary N) is 1. The Morgan fingerprint density at radius 1 is 1.11 bits per heavy atom. The molecule has 1 fully saturated rings. The number of cyclic esters (lactones) is 1. The van der Waals surface area contributed by atoms with Crippen LogP contribution in [0, 0.1) is 0 Å². The molecule has 3 N–H and O–H groups in total. The zero-order chi connectivity index (χ0) is 19.7. The topological polar surface area (TPSA) is 108 Å². The van der Waals surface area contributed by atoms with E-state index in [-0.39, 0.29) is 6.42 Å². The van der Waals surface area contributed by atoms with Crippen LogP contribution in [0.1, 0.15) is 57.4 Å². The van der Waals surface area contributed by atoms with E-state index in [1.54, 1.807) is 0 Å². The van der Waals surface area contributed by atoms with Crippen molar-refractivity contribution in [2.45, 2.75) is 64.0 Å². The highest BCUT2D eigenvalue weighted by atomic mass is 16.6. The number of amides is 2. The number of nitrogens with two attached hydrogens (primary N) is 1. The van der Waals surface area contributed by atoms with Gasteiger partial charge in [0.2, 0.25) is 0 Å². The summed E-state index contributed by atoms with van der Waals surface area (Å²) in [6.45, 7) is 2.90. The second kappa shape index (κ2) is 9.94. The molecule has 1 heterocycles. The zero-order valence-electron chi connectivity index (χ0n) is 15.8. The van der Waals surface area contributed by atoms with Crippen LogP contribution in [-0.2, 0) is 25.5 Å². The Bertz CT molecular complexity index is 641. The van der Waals surface area contributed by atoms with Crippen molar-refractivity contribution in [1.29, 1.82) is 0 Å². The Balaban J connectivity index is 1.76. The van der Waals surface area contributed by atoms with Crippen LogP contribution in [0.3, 0.4) is 0 Å². The molecule has 7 heteroatoms. The number of aryl methyl sites for hydroxylation is 1. The Morgan fingerprint density at radius 2 is 1.78 bits per heavy atom. The van der Waals surface area contributed by atoms with Crippen molar-refractivity contribution in [3.63, 3.8) is 0 Å². The molecule has 1 atom stereocenters. The van der Waals surface area contributed by atoms with E-state index >= 15 is 0 Å². The molecule has 1 unspecified atom stereocenters. The normalized spacial score (nSPS) is 18.9. The summed E-state index contributed by atoms with van der Waals surface area (Å²) >= 11 is 0. The van der Waals surface area contributed by atoms with Gasteiger partial charge in [0.15, 0.2) is 0 Å². The number of carbonyl (C=O) groups excluding carboxylic acids is 3. The number of hydrogen-bond acceptors (Lipinski definition) is 5. The number of benzene rings is 1. The van der Waals surface area contributed by atoms with Crippen LogP contribution in [0.25, 0.3) is 0 Å². The molecule has 7 nitrogen and oxygen atoms in total. The molecule has 1 aliphatic rings. The molecule has 1 aliphatic heterocycles. The van der Waals surface area contributed by atoms with Gasteiger partial charge in [0.05, 0.1) is 6.61 Å². The second-order valence-electron chi connectivity index (χ2n) is 6.80. The summed E-state index contributed by atoms with van der Waals surface area (Å²) in [5.74, 6) is -2.14. The van der Waals surface area contributed by atoms with E-state index in [1.165, 1.54) is 32.1 Å². The maximum absolute atomic E-state index is 11.6. The molecule has 2 rings (SSSR count). The molecule has 0 radical (unpaired) electrons. The summed E-state index contributed by atoms with van der Waals surface area (Å²) in [7, 11) is 0. The van der Waals surface area contributed by atoms with E-state index in [2.05, 4.69) is 12.2 Å². The van der Waals surface area contributed by atoms with E-state index in [9.17, 15) is 14.4 Å². The van der Waals surface area contributed by atoms with Gasteiger partial charge >= 0.3 is 11.9 Å². The number of unbranched alkanes of at least 4 members (excludes halogenated alkanes) is 5. The maximum Gasteiger partial charge on any atom is 0.399 e. The third kappa shape index (κ3) is 5.98. The van der Waals surface area contributed by atoms with Gasteiger partial charge in [-0.3, -0.25) is 9.59 Å². The minimum atomic E-state index is -1.76. The average molecular weight is 376 g/mol. The molecule has 2 amide bonds. The van der Waals surface area contributed by atoms with Crippen molar-refractivity contribution >= 4 is 17.8 Å². The molecule has 0 bridgehead atoms. The fourth-order valence-corrected chi connectivity index (χ4v) is 2.96. The number of rotatable bonds is 12. The summed E-state index contributed by atoms with van der Waals surface area (Å²) in [6.07, 6.45) is 7.79. The highest BCUT2D eigenvalue weighted by Crippen LogP contribution is 2.22. The lowest BCUT2D eigenvalue weighted by Gasteiger charge is -2.23. The van der Waals surface area contributed by atoms with Crippen LogP contribution in [0.4, 0.5) is 0 Å². The van der Waals surface area contributed by atoms with Crippen molar-refractivity contribution in [3.05, 3.63) is 29.8 Å². The minimum Gasteiger partial charge on any atom is -0.494 e. The van der Waals surface area contributed by atoms with Crippen LogP contribution >= 0.6 is 0 Å². The molecule has 1 aromatic carbocycles. The smallest absolute Gasteiger partial charge is 0.399 e. The van der Waals surface area contributed by atoms with Gasteiger partial charge in [-0.1, -0.05) is 51.2 Å². The van der Waals surface area contributed by atoms with Crippen LogP contribution < -0.4 is 15.8 Å². The van der Waals surface area contributed by atoms with E-state index in [0.29, 0.717) is 13.0 Å². The van der Waals surface area contributed by atoms with Crippen LogP contribution in [0.2, 0.25) is 0 Å². The number of ether oxygens (including phenoxy) is 2. The monoisotopic (exact) mass is 376 g/mol. The average Bonchev–Trinajstić information content (AvgIpc) is 2.95. The highest BCUT2D eigenvalue weighted by Gasteiger charge is 2.50. The molecular weight excluding hydrogens is 348 g/mol. The first-order chi connectivity index (χ1) is 13.0. The van der Waals surface area contributed by atoms with E-state index < -0.39 is 23.5 Å². The molecule has 0 aliphatic carbocycles. The van der Waals surface area contributed by atoms with Crippen molar-refractivity contribution in [1.82, 2.24) is 5.32 Å². The zero-order valence-corrected chi connectivity index (χ0v) is 15.8. The number of hydrogen-bond donors (Lipinski definition) is 2. The first kappa shape index (κ1) is 20.7. The lowest BCUT2D eigenvalue weighted by atomic mass is 10.0. The molecular formula is C20H28N2O5. The maximum atomic E-state index is 11.6. The fourth-order valence-electron chi connectivity index (χ4n) is 2.96. The lowest BCUT2D eigenvalue weighted by Crippen LogP contribution is -2.54. The predicted octanol–water partition coefficient (Wildman–Crippen LogP) is 2.21. The van der Waals surface area contributed by atoms with Crippen molar-refractivity contribution in [3.8, 4) is 5.75 Å². The summed E-state index contributed by atoms with van der Waals surface area (Å²) in [4.78, 5) is 34.3. The van der Waals surface area contributed by atoms with E-state index in [0.717, 1.165) is 17.7 Å². The van der Waals surface area contributed by atoms with Gasteiger partial charge in [0.25, 0.3) is 11.6 Å². The second-order valence-corrected chi connectivity index (χ2v) is 6.80. The van der Waals surface area contributed by atoms with Crippen LogP contribution in [0.5, 0.6) is 5.75 Å². The van der Waals surface area contributed by atoms with Crippen LogP contribution in [-0.4, -0.2) is 30.1 Å². The molecule has 1 saturated heterocycles. The highest BCUT2D eigenvalue weighted by molar-refractivity contribution is 6.35. The third-order valence-corrected chi connectivity index (χ3v) is 4.62. The van der Waals surface area contributed by atoms with Crippen molar-refractivity contribution < 1.29 is 23.9 Å². The predicted molar refractivity (Wildman–Crippen MR) is 99.8 cm³/mol. The Hall–Kier alpha value is -2.57. The molecule has 0 aromatic heterocycles. The molecule has 148 valence electrons. The quantitative estimate of drug-likeness (QED) is 0.330. The van der Waals surface area contributed by atoms with E-state index in [4.69, 9.17) is 15.2 Å². The van der Waals surface area contributed by atoms with Gasteiger partial charge in [0.1, 0.15) is 5.75 Å². The molecule has 27 heavy (non-hydrogen) atoms. The van der Waals surface area contributed by atoms with Gasteiger partial charge in [0, 0.05) is 6.42 Å². The molecule has 0 spiro atoms. The lowest BCUT2D eigenvalue weighted by molar-refractivity contribution is -0.160. The third-order valence-electron chi connectivity index (χ3n) is 4.62. The van der Waals surface area contributed by atoms with Gasteiger partial charge in [-0.25, -0.2) is 4.79 Å². The van der Waals surface area contributed by atoms with Crippen molar-refractivity contribution in [2.24, 2.45) is 5.73 Å². The Morgan fingerprint density at radius 3 is 2.37 bits per heavy atom. The van der Waals surface area contributed by atoms with E-state index in [1.807, 2.05) is 24.3 Å². The number of carbonyl (C=O) groups is 3. The van der Waals surface area contributed by atoms with Crippen molar-refractivity contribution in [2.75, 3.05) is 6.61 Å². The Kier molecular flexibility index (Phi) is 7.64. The van der Waals surface area contributed by atoms with Crippen LogP contribution in [0.15, 0.2) is 24.3 Å². The van der Waals surface area contributed by atoms with Gasteiger partial charge in [-0.2, -0.15) is 0 Å². The SMILES string of the molecule is CCCCCCCCOc1ccc(CCC2(C(N)=O)NC(=O)C(=O)O2)cc1. The Labute approximate surface area is 159 Å². The van der Waals surface area contributed by atoms with Gasteiger partial charge < -0.3 is 20.5 Å². The standard InChI is InChI=1S/C20H28N2O5/c1-2-3-4-5-6-7-14-26-16-10-8-15(9-11-16)12-13-20(19(21)25)22-17(23)18(24)27-20/h8-11H,2-7,12-14H2,1H3,(H2,21,25)(H,22,23). The summed E-state index contributed by atoms with van der Waals surface area (Å²) in [5.41, 5.74) is 4.45. The largest absolute Gasteiger partial charge is 0.494 e. The number of esters is 1. The van der Waals surface area contributed by atoms with Gasteiger partial charge in [-0.05, 0) is 30.5 Å². The summed E-state index contributed by atoms with van der Waals surface area (Å²) in [5, 5.41) is 2.24. The summed E-state index contributed by atoms with van der Waals surface area (Å²) in [6, 6.07) is 7.49. The van der Waals surface area contributed by atoms with Gasteiger partial charge in [-0.15, -0.1) is 0 Å². The molecule has 0 saturated carbocycles. The number of primary amides is 1. The minimum absolute atomic E-state index is 0.0811. The first-order valence-electron chi connectivity index (χ1n) is 9.54.